The normalized spacial score (nSPS) is 24.1. The van der Waals surface area contributed by atoms with Gasteiger partial charge in [-0.15, -0.1) is 0 Å². The van der Waals surface area contributed by atoms with Gasteiger partial charge in [-0.25, -0.2) is 8.42 Å². The smallest absolute Gasteiger partial charge is 0.305 e. The minimum Gasteiger partial charge on any atom is -0.466 e. The number of nitrogens with one attached hydrogen (secondary N) is 1. The molecule has 0 aromatic carbocycles. The summed E-state index contributed by atoms with van der Waals surface area (Å²) in [5.74, 6) is -0.189. The van der Waals surface area contributed by atoms with Crippen molar-refractivity contribution in [1.29, 1.82) is 0 Å². The predicted molar refractivity (Wildman–Crippen MR) is 70.1 cm³/mol. The summed E-state index contributed by atoms with van der Waals surface area (Å²) in [4.78, 5) is 11.1. The van der Waals surface area contributed by atoms with Crippen LogP contribution in [0.4, 0.5) is 0 Å². The number of rotatable bonds is 7. The van der Waals surface area contributed by atoms with Crippen LogP contribution in [0, 0.1) is 0 Å². The van der Waals surface area contributed by atoms with Gasteiger partial charge in [-0.3, -0.25) is 4.79 Å². The Morgan fingerprint density at radius 3 is 2.72 bits per heavy atom. The maximum absolute atomic E-state index is 11.6. The van der Waals surface area contributed by atoms with E-state index in [1.165, 1.54) is 6.26 Å². The second-order valence-electron chi connectivity index (χ2n) is 4.77. The van der Waals surface area contributed by atoms with Gasteiger partial charge in [0.15, 0.2) is 9.84 Å². The van der Waals surface area contributed by atoms with Crippen molar-refractivity contribution >= 4 is 15.8 Å². The largest absolute Gasteiger partial charge is 0.466 e. The number of hydrogen-bond acceptors (Lipinski definition) is 5. The van der Waals surface area contributed by atoms with Gasteiger partial charge < -0.3 is 10.1 Å². The number of esters is 1. The Bertz CT molecular complexity index is 366. The lowest BCUT2D eigenvalue weighted by molar-refractivity contribution is -0.143. The number of hydrogen-bond donors (Lipinski definition) is 1. The molecule has 6 heteroatoms. The molecular weight excluding hydrogens is 254 g/mol. The Balaban J connectivity index is 2.25. The van der Waals surface area contributed by atoms with Crippen LogP contribution in [0.15, 0.2) is 0 Å². The van der Waals surface area contributed by atoms with Crippen molar-refractivity contribution < 1.29 is 17.9 Å². The first-order chi connectivity index (χ1) is 8.45. The first-order valence-electron chi connectivity index (χ1n) is 6.53. The van der Waals surface area contributed by atoms with E-state index in [-0.39, 0.29) is 17.3 Å². The number of carbonyl (C=O) groups is 1. The molecule has 0 radical (unpaired) electrons. The minimum absolute atomic E-state index is 0.0437. The van der Waals surface area contributed by atoms with E-state index in [0.717, 1.165) is 19.3 Å². The summed E-state index contributed by atoms with van der Waals surface area (Å²) in [5.41, 5.74) is 0. The van der Waals surface area contributed by atoms with Crippen molar-refractivity contribution in [2.45, 2.75) is 50.3 Å². The lowest BCUT2D eigenvalue weighted by Crippen LogP contribution is -2.40. The molecule has 5 nitrogen and oxygen atoms in total. The van der Waals surface area contributed by atoms with Crippen LogP contribution in [0.5, 0.6) is 0 Å². The highest BCUT2D eigenvalue weighted by Gasteiger charge is 2.34. The maximum Gasteiger partial charge on any atom is 0.305 e. The molecule has 0 amide bonds. The Kier molecular flexibility index (Phi) is 6.08. The third kappa shape index (κ3) is 4.94. The highest BCUT2D eigenvalue weighted by Crippen LogP contribution is 2.24. The minimum atomic E-state index is -2.97. The molecule has 1 aliphatic rings. The molecule has 0 aliphatic heterocycles. The maximum atomic E-state index is 11.6. The Morgan fingerprint density at radius 1 is 1.39 bits per heavy atom. The number of ether oxygens (including phenoxy) is 1. The van der Waals surface area contributed by atoms with Crippen molar-refractivity contribution in [2.75, 3.05) is 19.4 Å². The van der Waals surface area contributed by atoms with Crippen molar-refractivity contribution in [3.8, 4) is 0 Å². The molecule has 0 bridgehead atoms. The zero-order valence-electron chi connectivity index (χ0n) is 11.1. The fourth-order valence-corrected chi connectivity index (χ4v) is 3.85. The van der Waals surface area contributed by atoms with Crippen molar-refractivity contribution in [3.05, 3.63) is 0 Å². The van der Waals surface area contributed by atoms with Crippen LogP contribution in [-0.4, -0.2) is 45.1 Å². The molecule has 0 heterocycles. The first kappa shape index (κ1) is 15.4. The summed E-state index contributed by atoms with van der Waals surface area (Å²) in [5, 5.41) is 2.98. The van der Waals surface area contributed by atoms with E-state index in [1.807, 2.05) is 0 Å². The second-order valence-corrected chi connectivity index (χ2v) is 7.03. The average Bonchev–Trinajstić information content (AvgIpc) is 2.72. The third-order valence-electron chi connectivity index (χ3n) is 3.27. The molecular formula is C12H23NO4S. The van der Waals surface area contributed by atoms with E-state index in [4.69, 9.17) is 4.74 Å². The molecule has 18 heavy (non-hydrogen) atoms. The molecule has 1 fully saturated rings. The molecule has 1 rings (SSSR count). The fourth-order valence-electron chi connectivity index (χ4n) is 2.43. The van der Waals surface area contributed by atoms with Crippen LogP contribution in [0.3, 0.4) is 0 Å². The Hall–Kier alpha value is -0.620. The molecule has 2 atom stereocenters. The zero-order valence-corrected chi connectivity index (χ0v) is 12.0. The molecule has 0 aromatic rings. The van der Waals surface area contributed by atoms with Crippen molar-refractivity contribution in [3.63, 3.8) is 0 Å². The lowest BCUT2D eigenvalue weighted by atomic mass is 10.2. The fraction of sp³-hybridized carbons (Fsp3) is 0.917. The molecule has 1 saturated carbocycles. The van der Waals surface area contributed by atoms with Crippen LogP contribution in [0.1, 0.15) is 39.0 Å². The summed E-state index contributed by atoms with van der Waals surface area (Å²) in [6, 6.07) is 0.0437. The van der Waals surface area contributed by atoms with Gasteiger partial charge in [-0.2, -0.15) is 0 Å². The Labute approximate surface area is 109 Å². The molecule has 0 spiro atoms. The topological polar surface area (TPSA) is 72.5 Å². The summed E-state index contributed by atoms with van der Waals surface area (Å²) in [6.07, 6.45) is 4.97. The van der Waals surface area contributed by atoms with Gasteiger partial charge in [0.1, 0.15) is 0 Å². The molecule has 1 aliphatic carbocycles. The first-order valence-corrected chi connectivity index (χ1v) is 8.48. The lowest BCUT2D eigenvalue weighted by Gasteiger charge is -2.19. The van der Waals surface area contributed by atoms with Crippen molar-refractivity contribution in [2.24, 2.45) is 0 Å². The van der Waals surface area contributed by atoms with Crippen LogP contribution in [0.2, 0.25) is 0 Å². The van der Waals surface area contributed by atoms with E-state index >= 15 is 0 Å². The van der Waals surface area contributed by atoms with Crippen LogP contribution in [-0.2, 0) is 19.4 Å². The predicted octanol–water partition coefficient (Wildman–Crippen LogP) is 0.885. The number of carbonyl (C=O) groups excluding carboxylic acids is 1. The van der Waals surface area contributed by atoms with Crippen LogP contribution < -0.4 is 5.32 Å². The molecule has 1 N–H and O–H groups in total. The zero-order chi connectivity index (χ0) is 13.6. The average molecular weight is 277 g/mol. The standard InChI is InChI=1S/C12H23NO4S/c1-3-17-12(14)8-5-9-13-10-6-4-7-11(10)18(2,15)16/h10-11,13H,3-9H2,1-2H3. The van der Waals surface area contributed by atoms with E-state index in [2.05, 4.69) is 5.32 Å². The molecule has 0 saturated heterocycles. The molecule has 106 valence electrons. The van der Waals surface area contributed by atoms with Gasteiger partial charge in [0.2, 0.25) is 0 Å². The second kappa shape index (κ2) is 7.09. The monoisotopic (exact) mass is 277 g/mol. The van der Waals surface area contributed by atoms with Crippen LogP contribution in [0.25, 0.3) is 0 Å². The summed E-state index contributed by atoms with van der Waals surface area (Å²) in [6.45, 7) is 2.85. The highest BCUT2D eigenvalue weighted by molar-refractivity contribution is 7.91. The van der Waals surface area contributed by atoms with E-state index in [9.17, 15) is 13.2 Å². The highest BCUT2D eigenvalue weighted by atomic mass is 32.2. The quantitative estimate of drug-likeness (QED) is 0.552. The molecule has 0 aromatic heterocycles. The Morgan fingerprint density at radius 2 is 2.11 bits per heavy atom. The van der Waals surface area contributed by atoms with E-state index in [1.54, 1.807) is 6.92 Å². The van der Waals surface area contributed by atoms with Gasteiger partial charge in [-0.1, -0.05) is 6.42 Å². The van der Waals surface area contributed by atoms with Crippen LogP contribution >= 0.6 is 0 Å². The van der Waals surface area contributed by atoms with Gasteiger partial charge in [-0.05, 0) is 32.7 Å². The third-order valence-corrected chi connectivity index (χ3v) is 4.94. The summed E-state index contributed by atoms with van der Waals surface area (Å²) in [7, 11) is -2.97. The summed E-state index contributed by atoms with van der Waals surface area (Å²) < 4.78 is 27.9. The van der Waals surface area contributed by atoms with E-state index < -0.39 is 9.84 Å². The van der Waals surface area contributed by atoms with Gasteiger partial charge in [0, 0.05) is 18.7 Å². The van der Waals surface area contributed by atoms with E-state index in [0.29, 0.717) is 26.0 Å². The molecule has 2 unspecified atom stereocenters. The van der Waals surface area contributed by atoms with Gasteiger partial charge in [0.25, 0.3) is 0 Å². The summed E-state index contributed by atoms with van der Waals surface area (Å²) >= 11 is 0. The van der Waals surface area contributed by atoms with Gasteiger partial charge >= 0.3 is 5.97 Å². The van der Waals surface area contributed by atoms with Gasteiger partial charge in [0.05, 0.1) is 11.9 Å². The number of sulfone groups is 1. The van der Waals surface area contributed by atoms with Crippen molar-refractivity contribution in [1.82, 2.24) is 5.32 Å². The SMILES string of the molecule is CCOC(=O)CCCNC1CCCC1S(C)(=O)=O.